The number of H-pyrrole nitrogens is 2. The first kappa shape index (κ1) is 11.1. The molecule has 19 heavy (non-hydrogen) atoms. The second kappa shape index (κ2) is 4.37. The Morgan fingerprint density at radius 3 is 2.84 bits per heavy atom. The molecule has 0 atom stereocenters. The zero-order valence-corrected chi connectivity index (χ0v) is 9.68. The molecule has 0 spiro atoms. The highest BCUT2D eigenvalue weighted by molar-refractivity contribution is 6.05. The molecule has 0 saturated carbocycles. The number of anilines is 1. The Labute approximate surface area is 106 Å². The number of carbonyl (C=O) groups is 1. The van der Waals surface area contributed by atoms with Crippen LogP contribution in [0, 0.1) is 0 Å². The van der Waals surface area contributed by atoms with E-state index in [9.17, 15) is 9.59 Å². The standard InChI is InChI=1S/C12H9N5O2/c18-11-4-3-10(16-17-11)14-12(19)7-1-2-8-6-13-15-9(8)5-7/h1-6H,(H,13,15)(H,17,18)(H,14,16,19). The van der Waals surface area contributed by atoms with Crippen molar-refractivity contribution in [3.63, 3.8) is 0 Å². The lowest BCUT2D eigenvalue weighted by Crippen LogP contribution is -2.15. The van der Waals surface area contributed by atoms with Crippen LogP contribution in [0.3, 0.4) is 0 Å². The van der Waals surface area contributed by atoms with E-state index in [2.05, 4.69) is 25.7 Å². The number of nitrogens with zero attached hydrogens (tertiary/aromatic N) is 2. The van der Waals surface area contributed by atoms with Crippen molar-refractivity contribution in [2.45, 2.75) is 0 Å². The van der Waals surface area contributed by atoms with Crippen LogP contribution < -0.4 is 10.9 Å². The summed E-state index contributed by atoms with van der Waals surface area (Å²) in [7, 11) is 0. The molecular formula is C12H9N5O2. The lowest BCUT2D eigenvalue weighted by molar-refractivity contribution is 0.102. The Bertz CT molecular complexity index is 784. The van der Waals surface area contributed by atoms with Crippen LogP contribution in [0.1, 0.15) is 10.4 Å². The van der Waals surface area contributed by atoms with Gasteiger partial charge in [-0.05, 0) is 18.2 Å². The molecule has 0 aliphatic heterocycles. The van der Waals surface area contributed by atoms with Gasteiger partial charge in [0.05, 0.1) is 11.7 Å². The Morgan fingerprint density at radius 2 is 2.05 bits per heavy atom. The van der Waals surface area contributed by atoms with Gasteiger partial charge < -0.3 is 5.32 Å². The summed E-state index contributed by atoms with van der Waals surface area (Å²) in [5, 5.41) is 16.1. The summed E-state index contributed by atoms with van der Waals surface area (Å²) in [4.78, 5) is 22.8. The zero-order valence-electron chi connectivity index (χ0n) is 9.68. The minimum atomic E-state index is -0.322. The fraction of sp³-hybridized carbons (Fsp3) is 0. The fourth-order valence-electron chi connectivity index (χ4n) is 1.68. The van der Waals surface area contributed by atoms with Gasteiger partial charge in [0.2, 0.25) is 0 Å². The van der Waals surface area contributed by atoms with Gasteiger partial charge in [-0.1, -0.05) is 6.07 Å². The summed E-state index contributed by atoms with van der Waals surface area (Å²) in [6.07, 6.45) is 1.68. The van der Waals surface area contributed by atoms with Gasteiger partial charge in [-0.2, -0.15) is 10.2 Å². The molecule has 0 fully saturated rings. The molecule has 94 valence electrons. The molecule has 3 rings (SSSR count). The third kappa shape index (κ3) is 2.21. The third-order valence-electron chi connectivity index (χ3n) is 2.62. The SMILES string of the molecule is O=C(Nc1ccc(=O)[nH]n1)c1ccc2cn[nH]c2c1. The first-order valence-corrected chi connectivity index (χ1v) is 5.52. The zero-order chi connectivity index (χ0) is 13.2. The average molecular weight is 255 g/mol. The van der Waals surface area contributed by atoms with Gasteiger partial charge in [0.15, 0.2) is 5.82 Å². The highest BCUT2D eigenvalue weighted by atomic mass is 16.2. The number of amides is 1. The maximum atomic E-state index is 12.0. The monoisotopic (exact) mass is 255 g/mol. The smallest absolute Gasteiger partial charge is 0.264 e. The van der Waals surface area contributed by atoms with Gasteiger partial charge in [0.1, 0.15) is 0 Å². The minimum Gasteiger partial charge on any atom is -0.305 e. The van der Waals surface area contributed by atoms with Crippen molar-refractivity contribution >= 4 is 22.6 Å². The van der Waals surface area contributed by atoms with E-state index in [1.54, 1.807) is 24.4 Å². The number of carbonyl (C=O) groups excluding carboxylic acids is 1. The van der Waals surface area contributed by atoms with Crippen LogP contribution in [-0.4, -0.2) is 26.3 Å². The number of hydrogen-bond donors (Lipinski definition) is 3. The molecule has 2 aromatic heterocycles. The summed E-state index contributed by atoms with van der Waals surface area (Å²) in [6, 6.07) is 7.92. The van der Waals surface area contributed by atoms with Crippen LogP contribution >= 0.6 is 0 Å². The third-order valence-corrected chi connectivity index (χ3v) is 2.62. The number of benzene rings is 1. The van der Waals surface area contributed by atoms with Gasteiger partial charge in [0.25, 0.3) is 11.5 Å². The van der Waals surface area contributed by atoms with Gasteiger partial charge in [0, 0.05) is 17.0 Å². The number of nitrogens with one attached hydrogen (secondary N) is 3. The van der Waals surface area contributed by atoms with Crippen LogP contribution in [0.4, 0.5) is 5.82 Å². The van der Waals surface area contributed by atoms with Gasteiger partial charge >= 0.3 is 0 Å². The first-order valence-electron chi connectivity index (χ1n) is 5.52. The predicted octanol–water partition coefficient (Wildman–Crippen LogP) is 0.898. The molecule has 7 heteroatoms. The van der Waals surface area contributed by atoms with Crippen molar-refractivity contribution in [1.82, 2.24) is 20.4 Å². The highest BCUT2D eigenvalue weighted by Crippen LogP contribution is 2.13. The van der Waals surface area contributed by atoms with Crippen LogP contribution in [0.25, 0.3) is 10.9 Å². The van der Waals surface area contributed by atoms with E-state index >= 15 is 0 Å². The molecule has 3 aromatic rings. The molecule has 3 N–H and O–H groups in total. The Morgan fingerprint density at radius 1 is 1.16 bits per heavy atom. The van der Waals surface area contributed by atoms with Crippen LogP contribution in [-0.2, 0) is 0 Å². The van der Waals surface area contributed by atoms with Crippen LogP contribution in [0.5, 0.6) is 0 Å². The van der Waals surface area contributed by atoms with Crippen molar-refractivity contribution in [2.75, 3.05) is 5.32 Å². The first-order chi connectivity index (χ1) is 9.22. The van der Waals surface area contributed by atoms with Crippen molar-refractivity contribution in [1.29, 1.82) is 0 Å². The number of rotatable bonds is 2. The topological polar surface area (TPSA) is 104 Å². The minimum absolute atomic E-state index is 0.286. The maximum absolute atomic E-state index is 12.0. The average Bonchev–Trinajstić information content (AvgIpc) is 2.88. The summed E-state index contributed by atoms with van der Waals surface area (Å²) >= 11 is 0. The Balaban J connectivity index is 1.86. The normalized spacial score (nSPS) is 10.5. The molecule has 1 amide bonds. The van der Waals surface area contributed by atoms with Crippen molar-refractivity contribution in [3.05, 3.63) is 52.4 Å². The lowest BCUT2D eigenvalue weighted by Gasteiger charge is -2.03. The van der Waals surface area contributed by atoms with E-state index < -0.39 is 0 Å². The number of aromatic nitrogens is 4. The largest absolute Gasteiger partial charge is 0.305 e. The van der Waals surface area contributed by atoms with Gasteiger partial charge in [-0.15, -0.1) is 0 Å². The number of hydrogen-bond acceptors (Lipinski definition) is 4. The number of fused-ring (bicyclic) bond motifs is 1. The summed E-state index contributed by atoms with van der Waals surface area (Å²) in [6.45, 7) is 0. The molecule has 0 aliphatic rings. The Kier molecular flexibility index (Phi) is 2.57. The van der Waals surface area contributed by atoms with E-state index in [1.165, 1.54) is 12.1 Å². The van der Waals surface area contributed by atoms with Crippen molar-refractivity contribution < 1.29 is 4.79 Å². The predicted molar refractivity (Wildman–Crippen MR) is 68.9 cm³/mol. The molecule has 0 bridgehead atoms. The summed E-state index contributed by atoms with van der Waals surface area (Å²) in [5.74, 6) is -0.0228. The van der Waals surface area contributed by atoms with E-state index in [-0.39, 0.29) is 17.3 Å². The molecule has 2 heterocycles. The van der Waals surface area contributed by atoms with Gasteiger partial charge in [-0.3, -0.25) is 14.7 Å². The number of aromatic amines is 2. The quantitative estimate of drug-likeness (QED) is 0.632. The molecule has 0 unspecified atom stereocenters. The molecule has 7 nitrogen and oxygen atoms in total. The molecule has 0 aliphatic carbocycles. The maximum Gasteiger partial charge on any atom is 0.264 e. The van der Waals surface area contributed by atoms with E-state index in [4.69, 9.17) is 0 Å². The summed E-state index contributed by atoms with van der Waals surface area (Å²) < 4.78 is 0. The van der Waals surface area contributed by atoms with Crippen LogP contribution in [0.15, 0.2) is 41.3 Å². The van der Waals surface area contributed by atoms with E-state index in [0.29, 0.717) is 5.56 Å². The van der Waals surface area contributed by atoms with Crippen molar-refractivity contribution in [2.24, 2.45) is 0 Å². The molecule has 1 aromatic carbocycles. The fourth-order valence-corrected chi connectivity index (χ4v) is 1.68. The summed E-state index contributed by atoms with van der Waals surface area (Å²) in [5.41, 5.74) is 0.934. The Hall–Kier alpha value is -2.96. The molecule has 0 radical (unpaired) electrons. The van der Waals surface area contributed by atoms with E-state index in [1.807, 2.05) is 0 Å². The lowest BCUT2D eigenvalue weighted by atomic mass is 10.1. The van der Waals surface area contributed by atoms with Crippen molar-refractivity contribution in [3.8, 4) is 0 Å². The molecular weight excluding hydrogens is 246 g/mol. The van der Waals surface area contributed by atoms with Crippen LogP contribution in [0.2, 0.25) is 0 Å². The second-order valence-corrected chi connectivity index (χ2v) is 3.93. The molecule has 0 saturated heterocycles. The van der Waals surface area contributed by atoms with Gasteiger partial charge in [-0.25, -0.2) is 5.10 Å². The second-order valence-electron chi connectivity index (χ2n) is 3.93. The highest BCUT2D eigenvalue weighted by Gasteiger charge is 2.08. The van der Waals surface area contributed by atoms with E-state index in [0.717, 1.165) is 10.9 Å².